The highest BCUT2D eigenvalue weighted by atomic mass is 16.6. The third-order valence-electron chi connectivity index (χ3n) is 2.91. The molecule has 0 aliphatic carbocycles. The molecule has 1 aromatic rings. The highest BCUT2D eigenvalue weighted by Gasteiger charge is 2.17. The fourth-order valence-corrected chi connectivity index (χ4v) is 1.92. The molecule has 1 heterocycles. The third-order valence-corrected chi connectivity index (χ3v) is 2.91. The molecular formula is C14H18O3. The summed E-state index contributed by atoms with van der Waals surface area (Å²) in [6.45, 7) is 1.21. The van der Waals surface area contributed by atoms with Gasteiger partial charge in [0.25, 0.3) is 0 Å². The van der Waals surface area contributed by atoms with Crippen LogP contribution < -0.4 is 0 Å². The summed E-state index contributed by atoms with van der Waals surface area (Å²) in [5.74, 6) is -0.135. The third kappa shape index (κ3) is 4.19. The standard InChI is InChI=1S/C14H18O3/c15-14(17-11-13-7-4-10-16-13)9-8-12-5-2-1-3-6-12/h1-3,5-6,13H,4,7-11H2/t13-/m0/s1. The van der Waals surface area contributed by atoms with E-state index >= 15 is 0 Å². The van der Waals surface area contributed by atoms with Gasteiger partial charge in [-0.15, -0.1) is 0 Å². The molecule has 1 saturated heterocycles. The van der Waals surface area contributed by atoms with E-state index in [9.17, 15) is 4.79 Å². The van der Waals surface area contributed by atoms with Crippen molar-refractivity contribution in [3.05, 3.63) is 35.9 Å². The summed E-state index contributed by atoms with van der Waals surface area (Å²) in [6.07, 6.45) is 3.39. The summed E-state index contributed by atoms with van der Waals surface area (Å²) in [7, 11) is 0. The second-order valence-electron chi connectivity index (χ2n) is 4.30. The number of benzene rings is 1. The van der Waals surface area contributed by atoms with Crippen molar-refractivity contribution in [1.29, 1.82) is 0 Å². The van der Waals surface area contributed by atoms with Crippen LogP contribution in [0.4, 0.5) is 0 Å². The fourth-order valence-electron chi connectivity index (χ4n) is 1.92. The van der Waals surface area contributed by atoms with Gasteiger partial charge < -0.3 is 9.47 Å². The van der Waals surface area contributed by atoms with Crippen LogP contribution in [0.1, 0.15) is 24.8 Å². The SMILES string of the molecule is O=C(CCc1ccccc1)OC[C@@H]1CCCO1. The van der Waals surface area contributed by atoms with E-state index in [1.54, 1.807) is 0 Å². The van der Waals surface area contributed by atoms with E-state index < -0.39 is 0 Å². The first-order valence-electron chi connectivity index (χ1n) is 6.16. The van der Waals surface area contributed by atoms with Crippen molar-refractivity contribution < 1.29 is 14.3 Å². The number of carbonyl (C=O) groups is 1. The number of ether oxygens (including phenoxy) is 2. The van der Waals surface area contributed by atoms with E-state index in [1.165, 1.54) is 5.56 Å². The Morgan fingerprint density at radius 1 is 1.35 bits per heavy atom. The second-order valence-corrected chi connectivity index (χ2v) is 4.30. The van der Waals surface area contributed by atoms with Gasteiger partial charge in [-0.2, -0.15) is 0 Å². The summed E-state index contributed by atoms with van der Waals surface area (Å²) in [5, 5.41) is 0. The zero-order valence-electron chi connectivity index (χ0n) is 9.93. The van der Waals surface area contributed by atoms with Gasteiger partial charge in [-0.3, -0.25) is 4.79 Å². The topological polar surface area (TPSA) is 35.5 Å². The number of esters is 1. The maximum absolute atomic E-state index is 11.5. The summed E-state index contributed by atoms with van der Waals surface area (Å²) < 4.78 is 10.6. The Balaban J connectivity index is 1.64. The lowest BCUT2D eigenvalue weighted by molar-refractivity contribution is -0.146. The van der Waals surface area contributed by atoms with Crippen LogP contribution in [0.5, 0.6) is 0 Å². The number of aryl methyl sites for hydroxylation is 1. The van der Waals surface area contributed by atoms with Gasteiger partial charge in [0, 0.05) is 13.0 Å². The summed E-state index contributed by atoms with van der Waals surface area (Å²) in [4.78, 5) is 11.5. The maximum atomic E-state index is 11.5. The zero-order valence-corrected chi connectivity index (χ0v) is 9.93. The molecule has 2 rings (SSSR count). The summed E-state index contributed by atoms with van der Waals surface area (Å²) >= 11 is 0. The van der Waals surface area contributed by atoms with Crippen LogP contribution >= 0.6 is 0 Å². The molecule has 1 fully saturated rings. The van der Waals surface area contributed by atoms with Crippen LogP contribution in [-0.2, 0) is 20.7 Å². The molecule has 0 amide bonds. The molecule has 0 N–H and O–H groups in total. The molecule has 1 aliphatic rings. The molecule has 1 aromatic carbocycles. The number of rotatable bonds is 5. The van der Waals surface area contributed by atoms with Crippen LogP contribution in [0.15, 0.2) is 30.3 Å². The minimum atomic E-state index is -0.135. The van der Waals surface area contributed by atoms with Gasteiger partial charge in [0.1, 0.15) is 6.61 Å². The molecule has 0 radical (unpaired) electrons. The Labute approximate surface area is 102 Å². The molecule has 92 valence electrons. The first-order chi connectivity index (χ1) is 8.34. The van der Waals surface area contributed by atoms with E-state index in [2.05, 4.69) is 0 Å². The molecule has 0 unspecified atom stereocenters. The monoisotopic (exact) mass is 234 g/mol. The van der Waals surface area contributed by atoms with Gasteiger partial charge in [0.15, 0.2) is 0 Å². The maximum Gasteiger partial charge on any atom is 0.306 e. The lowest BCUT2D eigenvalue weighted by atomic mass is 10.1. The number of hydrogen-bond acceptors (Lipinski definition) is 3. The lowest BCUT2D eigenvalue weighted by Crippen LogP contribution is -2.18. The Hall–Kier alpha value is -1.35. The van der Waals surface area contributed by atoms with E-state index in [0.29, 0.717) is 13.0 Å². The quantitative estimate of drug-likeness (QED) is 0.734. The van der Waals surface area contributed by atoms with Gasteiger partial charge in [-0.1, -0.05) is 30.3 Å². The van der Waals surface area contributed by atoms with E-state index in [4.69, 9.17) is 9.47 Å². The van der Waals surface area contributed by atoms with Gasteiger partial charge >= 0.3 is 5.97 Å². The Bertz CT molecular complexity index is 342. The van der Waals surface area contributed by atoms with Crippen LogP contribution in [0.2, 0.25) is 0 Å². The average molecular weight is 234 g/mol. The van der Waals surface area contributed by atoms with Crippen LogP contribution in [0.25, 0.3) is 0 Å². The Kier molecular flexibility index (Phi) is 4.56. The molecular weight excluding hydrogens is 216 g/mol. The summed E-state index contributed by atoms with van der Waals surface area (Å²) in [5.41, 5.74) is 1.17. The van der Waals surface area contributed by atoms with Crippen LogP contribution in [0, 0.1) is 0 Å². The molecule has 17 heavy (non-hydrogen) atoms. The largest absolute Gasteiger partial charge is 0.463 e. The normalized spacial score (nSPS) is 19.2. The van der Waals surface area contributed by atoms with E-state index in [0.717, 1.165) is 25.9 Å². The number of hydrogen-bond donors (Lipinski definition) is 0. The van der Waals surface area contributed by atoms with Crippen molar-refractivity contribution in [2.45, 2.75) is 31.8 Å². The molecule has 0 aromatic heterocycles. The molecule has 3 nitrogen and oxygen atoms in total. The second kappa shape index (κ2) is 6.40. The molecule has 3 heteroatoms. The highest BCUT2D eigenvalue weighted by Crippen LogP contribution is 2.12. The average Bonchev–Trinajstić information content (AvgIpc) is 2.88. The van der Waals surface area contributed by atoms with Gasteiger partial charge in [0.2, 0.25) is 0 Å². The fraction of sp³-hybridized carbons (Fsp3) is 0.500. The first-order valence-corrected chi connectivity index (χ1v) is 6.16. The van der Waals surface area contributed by atoms with Gasteiger partial charge in [0.05, 0.1) is 6.10 Å². The molecule has 0 saturated carbocycles. The van der Waals surface area contributed by atoms with Crippen molar-refractivity contribution in [3.63, 3.8) is 0 Å². The Morgan fingerprint density at radius 2 is 2.18 bits per heavy atom. The van der Waals surface area contributed by atoms with Crippen molar-refractivity contribution >= 4 is 5.97 Å². The highest BCUT2D eigenvalue weighted by molar-refractivity contribution is 5.69. The molecule has 1 aliphatic heterocycles. The molecule has 0 bridgehead atoms. The lowest BCUT2D eigenvalue weighted by Gasteiger charge is -2.10. The first kappa shape index (κ1) is 12.1. The van der Waals surface area contributed by atoms with Gasteiger partial charge in [-0.25, -0.2) is 0 Å². The molecule has 0 spiro atoms. The summed E-state index contributed by atoms with van der Waals surface area (Å²) in [6, 6.07) is 9.97. The smallest absolute Gasteiger partial charge is 0.306 e. The van der Waals surface area contributed by atoms with Crippen molar-refractivity contribution in [2.75, 3.05) is 13.2 Å². The van der Waals surface area contributed by atoms with Gasteiger partial charge in [-0.05, 0) is 24.8 Å². The molecule has 1 atom stereocenters. The zero-order chi connectivity index (χ0) is 11.9. The van der Waals surface area contributed by atoms with Crippen LogP contribution in [0.3, 0.4) is 0 Å². The number of carbonyl (C=O) groups excluding carboxylic acids is 1. The van der Waals surface area contributed by atoms with E-state index in [-0.39, 0.29) is 12.1 Å². The van der Waals surface area contributed by atoms with E-state index in [1.807, 2.05) is 30.3 Å². The minimum Gasteiger partial charge on any atom is -0.463 e. The van der Waals surface area contributed by atoms with Crippen molar-refractivity contribution in [1.82, 2.24) is 0 Å². The minimum absolute atomic E-state index is 0.121. The predicted octanol–water partition coefficient (Wildman–Crippen LogP) is 2.34. The Morgan fingerprint density at radius 3 is 2.88 bits per heavy atom. The predicted molar refractivity (Wildman–Crippen MR) is 64.7 cm³/mol. The van der Waals surface area contributed by atoms with Crippen LogP contribution in [-0.4, -0.2) is 25.3 Å². The van der Waals surface area contributed by atoms with Crippen molar-refractivity contribution in [2.24, 2.45) is 0 Å². The van der Waals surface area contributed by atoms with Crippen molar-refractivity contribution in [3.8, 4) is 0 Å².